The zero-order chi connectivity index (χ0) is 23.3. The number of sulfonamides is 1. The number of benzene rings is 3. The summed E-state index contributed by atoms with van der Waals surface area (Å²) in [5.41, 5.74) is 1.54. The molecule has 0 heterocycles. The Morgan fingerprint density at radius 1 is 1.00 bits per heavy atom. The van der Waals surface area contributed by atoms with E-state index in [2.05, 4.69) is 5.32 Å². The molecule has 0 spiro atoms. The number of anilines is 2. The van der Waals surface area contributed by atoms with Crippen LogP contribution in [0.25, 0.3) is 0 Å². The van der Waals surface area contributed by atoms with Crippen LogP contribution in [0.4, 0.5) is 11.4 Å². The molecule has 0 bridgehead atoms. The van der Waals surface area contributed by atoms with Crippen LogP contribution >= 0.6 is 23.2 Å². The Morgan fingerprint density at radius 2 is 1.62 bits per heavy atom. The zero-order valence-corrected chi connectivity index (χ0v) is 19.8. The lowest BCUT2D eigenvalue weighted by atomic mass is 10.2. The predicted octanol–water partition coefficient (Wildman–Crippen LogP) is 5.53. The summed E-state index contributed by atoms with van der Waals surface area (Å²) in [6, 6.07) is 17.7. The Labute approximate surface area is 197 Å². The molecular weight excluding hydrogens is 471 g/mol. The van der Waals surface area contributed by atoms with Crippen molar-refractivity contribution < 1.29 is 17.9 Å². The third-order valence-corrected chi connectivity index (χ3v) is 6.69. The van der Waals surface area contributed by atoms with Crippen molar-refractivity contribution in [3.05, 3.63) is 82.3 Å². The summed E-state index contributed by atoms with van der Waals surface area (Å²) in [5, 5.41) is 3.35. The summed E-state index contributed by atoms with van der Waals surface area (Å²) in [6.07, 6.45) is 0. The lowest BCUT2D eigenvalue weighted by Crippen LogP contribution is -2.38. The van der Waals surface area contributed by atoms with Crippen molar-refractivity contribution in [2.24, 2.45) is 0 Å². The van der Waals surface area contributed by atoms with Gasteiger partial charge < -0.3 is 10.1 Å². The average Bonchev–Trinajstić information content (AvgIpc) is 2.72. The Balaban J connectivity index is 2.00. The van der Waals surface area contributed by atoms with Crippen LogP contribution in [0.1, 0.15) is 12.5 Å². The van der Waals surface area contributed by atoms with Crippen molar-refractivity contribution in [2.75, 3.05) is 22.8 Å². The summed E-state index contributed by atoms with van der Waals surface area (Å²) in [7, 11) is -4.07. The van der Waals surface area contributed by atoms with Crippen LogP contribution in [0.5, 0.6) is 5.75 Å². The molecule has 0 saturated heterocycles. The molecule has 0 aliphatic carbocycles. The number of carbonyl (C=O) groups excluding carboxylic acids is 1. The van der Waals surface area contributed by atoms with Gasteiger partial charge in [-0.3, -0.25) is 9.10 Å². The third kappa shape index (κ3) is 5.73. The van der Waals surface area contributed by atoms with Gasteiger partial charge in [0.05, 0.1) is 17.2 Å². The molecule has 6 nitrogen and oxygen atoms in total. The maximum atomic E-state index is 13.5. The van der Waals surface area contributed by atoms with Gasteiger partial charge in [-0.2, -0.15) is 0 Å². The van der Waals surface area contributed by atoms with Gasteiger partial charge in [0, 0.05) is 15.7 Å². The second-order valence-corrected chi connectivity index (χ2v) is 9.67. The van der Waals surface area contributed by atoms with E-state index in [9.17, 15) is 13.2 Å². The highest BCUT2D eigenvalue weighted by atomic mass is 35.5. The SMILES string of the molecule is CCOc1ccccc1N(CC(=O)Nc1cc(Cl)cc(Cl)c1)S(=O)(=O)c1ccc(C)cc1. The maximum Gasteiger partial charge on any atom is 0.264 e. The van der Waals surface area contributed by atoms with E-state index < -0.39 is 22.5 Å². The predicted molar refractivity (Wildman–Crippen MR) is 128 cm³/mol. The van der Waals surface area contributed by atoms with Crippen molar-refractivity contribution in [1.29, 1.82) is 0 Å². The highest BCUT2D eigenvalue weighted by Crippen LogP contribution is 2.32. The van der Waals surface area contributed by atoms with E-state index >= 15 is 0 Å². The van der Waals surface area contributed by atoms with Crippen LogP contribution < -0.4 is 14.4 Å². The van der Waals surface area contributed by atoms with E-state index in [-0.39, 0.29) is 10.6 Å². The molecule has 0 atom stereocenters. The molecule has 0 radical (unpaired) electrons. The van der Waals surface area contributed by atoms with Crippen LogP contribution in [0.3, 0.4) is 0 Å². The minimum Gasteiger partial charge on any atom is -0.492 e. The number of nitrogens with one attached hydrogen (secondary N) is 1. The first-order valence-electron chi connectivity index (χ1n) is 9.78. The van der Waals surface area contributed by atoms with E-state index in [1.54, 1.807) is 43.3 Å². The van der Waals surface area contributed by atoms with Crippen LogP contribution in [0.2, 0.25) is 10.0 Å². The number of aryl methyl sites for hydroxylation is 1. The molecule has 0 fully saturated rings. The molecule has 1 N–H and O–H groups in total. The Hall–Kier alpha value is -2.74. The van der Waals surface area contributed by atoms with Gasteiger partial charge in [-0.25, -0.2) is 8.42 Å². The Kier molecular flexibility index (Phi) is 7.66. The van der Waals surface area contributed by atoms with Crippen LogP contribution in [-0.4, -0.2) is 27.5 Å². The van der Waals surface area contributed by atoms with Crippen LogP contribution in [-0.2, 0) is 14.8 Å². The molecule has 0 aromatic heterocycles. The number of ether oxygens (including phenoxy) is 1. The summed E-state index contributed by atoms with van der Waals surface area (Å²) in [5.74, 6) is -0.213. The van der Waals surface area contributed by atoms with Crippen LogP contribution in [0, 0.1) is 6.92 Å². The molecule has 9 heteroatoms. The normalized spacial score (nSPS) is 11.1. The second kappa shape index (κ2) is 10.3. The number of amides is 1. The van der Waals surface area contributed by atoms with E-state index in [1.165, 1.54) is 30.3 Å². The van der Waals surface area contributed by atoms with Gasteiger partial charge in [-0.1, -0.05) is 53.0 Å². The fraction of sp³-hybridized carbons (Fsp3) is 0.174. The molecule has 3 aromatic carbocycles. The monoisotopic (exact) mass is 492 g/mol. The van der Waals surface area contributed by atoms with E-state index in [1.807, 2.05) is 6.92 Å². The first kappa shape index (κ1) is 23.9. The number of nitrogens with zero attached hydrogens (tertiary/aromatic N) is 1. The molecular formula is C23H22Cl2N2O4S. The van der Waals surface area contributed by atoms with Gasteiger partial charge in [0.25, 0.3) is 10.0 Å². The number of hydrogen-bond donors (Lipinski definition) is 1. The Bertz CT molecular complexity index is 1190. The molecule has 168 valence electrons. The van der Waals surface area contributed by atoms with Gasteiger partial charge in [-0.15, -0.1) is 0 Å². The minimum atomic E-state index is -4.07. The number of rotatable bonds is 8. The molecule has 3 aromatic rings. The fourth-order valence-corrected chi connectivity index (χ4v) is 4.99. The summed E-state index contributed by atoms with van der Waals surface area (Å²) < 4.78 is 33.7. The quantitative estimate of drug-likeness (QED) is 0.448. The van der Waals surface area contributed by atoms with Gasteiger partial charge in [-0.05, 0) is 56.3 Å². The molecule has 0 aliphatic rings. The molecule has 3 rings (SSSR count). The van der Waals surface area contributed by atoms with Crippen molar-refractivity contribution in [2.45, 2.75) is 18.7 Å². The zero-order valence-electron chi connectivity index (χ0n) is 17.5. The summed E-state index contributed by atoms with van der Waals surface area (Å²) in [4.78, 5) is 12.9. The molecule has 1 amide bonds. The Morgan fingerprint density at radius 3 is 2.25 bits per heavy atom. The van der Waals surface area contributed by atoms with Gasteiger partial charge in [0.2, 0.25) is 5.91 Å². The molecule has 0 unspecified atom stereocenters. The third-order valence-electron chi connectivity index (χ3n) is 4.48. The van der Waals surface area contributed by atoms with Gasteiger partial charge in [0.15, 0.2) is 0 Å². The summed E-state index contributed by atoms with van der Waals surface area (Å²) in [6.45, 7) is 3.51. The van der Waals surface area contributed by atoms with E-state index in [4.69, 9.17) is 27.9 Å². The number of halogens is 2. The number of para-hydroxylation sites is 2. The molecule has 32 heavy (non-hydrogen) atoms. The number of carbonyl (C=O) groups is 1. The number of hydrogen-bond acceptors (Lipinski definition) is 4. The largest absolute Gasteiger partial charge is 0.492 e. The standard InChI is InChI=1S/C23H22Cl2N2O4S/c1-3-31-22-7-5-4-6-21(22)27(32(29,30)20-10-8-16(2)9-11-20)15-23(28)26-19-13-17(24)12-18(25)14-19/h4-14H,3,15H2,1-2H3,(H,26,28). The van der Waals surface area contributed by atoms with Crippen molar-refractivity contribution in [3.8, 4) is 5.75 Å². The lowest BCUT2D eigenvalue weighted by Gasteiger charge is -2.26. The van der Waals surface area contributed by atoms with Crippen molar-refractivity contribution >= 4 is 50.5 Å². The highest BCUT2D eigenvalue weighted by Gasteiger charge is 2.29. The van der Waals surface area contributed by atoms with Crippen molar-refractivity contribution in [1.82, 2.24) is 0 Å². The van der Waals surface area contributed by atoms with Crippen molar-refractivity contribution in [3.63, 3.8) is 0 Å². The first-order chi connectivity index (χ1) is 15.2. The van der Waals surface area contributed by atoms with Gasteiger partial charge >= 0.3 is 0 Å². The van der Waals surface area contributed by atoms with E-state index in [0.29, 0.717) is 28.1 Å². The molecule has 0 aliphatic heterocycles. The van der Waals surface area contributed by atoms with Gasteiger partial charge in [0.1, 0.15) is 12.3 Å². The maximum absolute atomic E-state index is 13.5. The topological polar surface area (TPSA) is 75.7 Å². The van der Waals surface area contributed by atoms with Crippen LogP contribution in [0.15, 0.2) is 71.6 Å². The lowest BCUT2D eigenvalue weighted by molar-refractivity contribution is -0.114. The smallest absolute Gasteiger partial charge is 0.264 e. The highest BCUT2D eigenvalue weighted by molar-refractivity contribution is 7.92. The average molecular weight is 493 g/mol. The molecule has 0 saturated carbocycles. The van der Waals surface area contributed by atoms with E-state index in [0.717, 1.165) is 9.87 Å². The minimum absolute atomic E-state index is 0.0630. The first-order valence-corrected chi connectivity index (χ1v) is 12.0. The fourth-order valence-electron chi connectivity index (χ4n) is 3.03. The second-order valence-electron chi connectivity index (χ2n) is 6.93. The summed E-state index contributed by atoms with van der Waals surface area (Å²) >= 11 is 12.0.